The van der Waals surface area contributed by atoms with E-state index in [1.807, 2.05) is 25.1 Å². The van der Waals surface area contributed by atoms with Crippen molar-refractivity contribution in [1.29, 1.82) is 0 Å². The lowest BCUT2D eigenvalue weighted by Gasteiger charge is -2.15. The van der Waals surface area contributed by atoms with E-state index in [1.54, 1.807) is 4.90 Å². The number of fused-ring (bicyclic) bond motifs is 1. The highest BCUT2D eigenvalue weighted by atomic mass is 32.1. The Balaban J connectivity index is 1.67. The molecule has 23 heavy (non-hydrogen) atoms. The van der Waals surface area contributed by atoms with Gasteiger partial charge >= 0.3 is 0 Å². The topological polar surface area (TPSA) is 62.3 Å². The number of likely N-dealkylation sites (tertiary alicyclic amines) is 1. The van der Waals surface area contributed by atoms with Crippen LogP contribution in [0.3, 0.4) is 0 Å². The summed E-state index contributed by atoms with van der Waals surface area (Å²) in [6.45, 7) is 5.38. The van der Waals surface area contributed by atoms with Crippen LogP contribution >= 0.6 is 11.3 Å². The maximum Gasteiger partial charge on any atom is 0.231 e. The van der Waals surface area contributed by atoms with Crippen LogP contribution in [0.2, 0.25) is 0 Å². The number of anilines is 1. The molecule has 0 aliphatic carbocycles. The Labute approximate surface area is 139 Å². The third-order valence-electron chi connectivity index (χ3n) is 4.22. The van der Waals surface area contributed by atoms with Crippen molar-refractivity contribution in [3.05, 3.63) is 23.8 Å². The summed E-state index contributed by atoms with van der Waals surface area (Å²) in [5, 5.41) is 3.50. The highest BCUT2D eigenvalue weighted by Crippen LogP contribution is 2.29. The smallest absolute Gasteiger partial charge is 0.231 e. The van der Waals surface area contributed by atoms with E-state index in [4.69, 9.17) is 0 Å². The Hall–Kier alpha value is -1.95. The molecule has 1 aromatic carbocycles. The van der Waals surface area contributed by atoms with Gasteiger partial charge in [-0.3, -0.25) is 9.59 Å². The maximum absolute atomic E-state index is 12.4. The molecule has 2 aromatic rings. The number of unbranched alkanes of at least 4 members (excludes halogenated alkanes) is 1. The first-order valence-electron chi connectivity index (χ1n) is 8.03. The Morgan fingerprint density at radius 1 is 1.48 bits per heavy atom. The summed E-state index contributed by atoms with van der Waals surface area (Å²) in [4.78, 5) is 30.7. The van der Waals surface area contributed by atoms with Gasteiger partial charge in [-0.25, -0.2) is 4.98 Å². The number of hydrogen-bond donors (Lipinski definition) is 1. The quantitative estimate of drug-likeness (QED) is 0.915. The fraction of sp³-hybridized carbons (Fsp3) is 0.471. The first kappa shape index (κ1) is 15.9. The lowest BCUT2D eigenvalue weighted by atomic mass is 10.1. The molecule has 1 atom stereocenters. The van der Waals surface area contributed by atoms with Gasteiger partial charge in [0, 0.05) is 19.5 Å². The van der Waals surface area contributed by atoms with Crippen molar-refractivity contribution in [2.24, 2.45) is 5.92 Å². The van der Waals surface area contributed by atoms with E-state index in [1.165, 1.54) is 11.3 Å². The molecule has 0 unspecified atom stereocenters. The van der Waals surface area contributed by atoms with E-state index in [2.05, 4.69) is 17.2 Å². The van der Waals surface area contributed by atoms with Crippen LogP contribution in [0.25, 0.3) is 10.2 Å². The molecule has 2 heterocycles. The van der Waals surface area contributed by atoms with E-state index in [0.29, 0.717) is 18.1 Å². The van der Waals surface area contributed by atoms with E-state index in [0.717, 1.165) is 35.2 Å². The number of carbonyl (C=O) groups is 2. The van der Waals surface area contributed by atoms with Crippen LogP contribution in [0.15, 0.2) is 18.2 Å². The van der Waals surface area contributed by atoms with Crippen LogP contribution in [0.5, 0.6) is 0 Å². The van der Waals surface area contributed by atoms with Gasteiger partial charge < -0.3 is 10.2 Å². The number of rotatable bonds is 5. The summed E-state index contributed by atoms with van der Waals surface area (Å²) in [7, 11) is 0. The Morgan fingerprint density at radius 2 is 2.30 bits per heavy atom. The standard InChI is InChI=1S/C17H21N3O2S/c1-3-4-8-20-10-12(9-14(20)21)16(22)19-17-18-15-11(2)6-5-7-13(15)23-17/h5-7,12H,3-4,8-10H2,1-2H3,(H,18,19,22)/t12-/m0/s1. The highest BCUT2D eigenvalue weighted by molar-refractivity contribution is 7.22. The predicted molar refractivity (Wildman–Crippen MR) is 92.6 cm³/mol. The van der Waals surface area contributed by atoms with Gasteiger partial charge in [0.25, 0.3) is 0 Å². The molecule has 0 saturated carbocycles. The molecule has 0 spiro atoms. The number of nitrogens with one attached hydrogen (secondary N) is 1. The summed E-state index contributed by atoms with van der Waals surface area (Å²) in [5.41, 5.74) is 2.03. The third kappa shape index (κ3) is 3.37. The Morgan fingerprint density at radius 3 is 3.04 bits per heavy atom. The van der Waals surface area contributed by atoms with Gasteiger partial charge in [-0.2, -0.15) is 0 Å². The van der Waals surface area contributed by atoms with Crippen LogP contribution in [-0.2, 0) is 9.59 Å². The monoisotopic (exact) mass is 331 g/mol. The van der Waals surface area contributed by atoms with Gasteiger partial charge in [0.05, 0.1) is 16.1 Å². The molecule has 2 amide bonds. The molecular weight excluding hydrogens is 310 g/mol. The van der Waals surface area contributed by atoms with E-state index in [-0.39, 0.29) is 17.7 Å². The zero-order chi connectivity index (χ0) is 16.4. The number of carbonyl (C=O) groups excluding carboxylic acids is 2. The van der Waals surface area contributed by atoms with E-state index in [9.17, 15) is 9.59 Å². The van der Waals surface area contributed by atoms with E-state index < -0.39 is 0 Å². The Kier molecular flexibility index (Phi) is 4.61. The summed E-state index contributed by atoms with van der Waals surface area (Å²) < 4.78 is 1.06. The van der Waals surface area contributed by atoms with E-state index >= 15 is 0 Å². The molecule has 1 saturated heterocycles. The van der Waals surface area contributed by atoms with Crippen LogP contribution in [0.1, 0.15) is 31.7 Å². The minimum Gasteiger partial charge on any atom is -0.342 e. The van der Waals surface area contributed by atoms with Crippen molar-refractivity contribution in [3.63, 3.8) is 0 Å². The summed E-state index contributed by atoms with van der Waals surface area (Å²) in [6, 6.07) is 6.00. The molecule has 5 nitrogen and oxygen atoms in total. The molecule has 1 fully saturated rings. The number of amides is 2. The zero-order valence-corrected chi connectivity index (χ0v) is 14.3. The number of thiazole rings is 1. The molecule has 3 rings (SSSR count). The van der Waals surface area contributed by atoms with Crippen molar-refractivity contribution in [3.8, 4) is 0 Å². The fourth-order valence-corrected chi connectivity index (χ4v) is 3.81. The van der Waals surface area contributed by atoms with Crippen molar-refractivity contribution >= 4 is 38.5 Å². The SMILES string of the molecule is CCCCN1C[C@@H](C(=O)Nc2nc3c(C)cccc3s2)CC1=O. The number of benzene rings is 1. The molecule has 1 aliphatic rings. The Bertz CT molecular complexity index is 741. The second-order valence-electron chi connectivity index (χ2n) is 6.02. The molecule has 1 aromatic heterocycles. The van der Waals surface area contributed by atoms with Crippen LogP contribution < -0.4 is 5.32 Å². The minimum absolute atomic E-state index is 0.0822. The van der Waals surface area contributed by atoms with Gasteiger partial charge in [0.1, 0.15) is 0 Å². The lowest BCUT2D eigenvalue weighted by Crippen LogP contribution is -2.29. The predicted octanol–water partition coefficient (Wildman–Crippen LogP) is 3.19. The molecular formula is C17H21N3O2S. The normalized spacial score (nSPS) is 17.9. The molecule has 122 valence electrons. The summed E-state index contributed by atoms with van der Waals surface area (Å²) >= 11 is 1.47. The number of hydrogen-bond acceptors (Lipinski definition) is 4. The van der Waals surface area contributed by atoms with Crippen LogP contribution in [0.4, 0.5) is 5.13 Å². The first-order valence-corrected chi connectivity index (χ1v) is 8.85. The molecule has 6 heteroatoms. The van der Waals surface area contributed by atoms with Gasteiger partial charge in [-0.1, -0.05) is 36.8 Å². The number of aryl methyl sites for hydroxylation is 1. The number of nitrogens with zero attached hydrogens (tertiary/aromatic N) is 2. The highest BCUT2D eigenvalue weighted by Gasteiger charge is 2.34. The summed E-state index contributed by atoms with van der Waals surface area (Å²) in [6.07, 6.45) is 2.34. The van der Waals surface area contributed by atoms with Gasteiger partial charge in [0.2, 0.25) is 11.8 Å². The van der Waals surface area contributed by atoms with Gasteiger partial charge in [-0.15, -0.1) is 0 Å². The minimum atomic E-state index is -0.271. The number of aromatic nitrogens is 1. The van der Waals surface area contributed by atoms with Crippen molar-refractivity contribution < 1.29 is 9.59 Å². The first-order chi connectivity index (χ1) is 11.1. The molecule has 1 aliphatic heterocycles. The molecule has 1 N–H and O–H groups in total. The van der Waals surface area contributed by atoms with Gasteiger partial charge in [0.15, 0.2) is 5.13 Å². The fourth-order valence-electron chi connectivity index (χ4n) is 2.86. The van der Waals surface area contributed by atoms with Crippen LogP contribution in [-0.4, -0.2) is 34.8 Å². The largest absolute Gasteiger partial charge is 0.342 e. The van der Waals surface area contributed by atoms with Crippen molar-refractivity contribution in [1.82, 2.24) is 9.88 Å². The van der Waals surface area contributed by atoms with Crippen molar-refractivity contribution in [2.75, 3.05) is 18.4 Å². The summed E-state index contributed by atoms with van der Waals surface area (Å²) in [5.74, 6) is -0.291. The number of para-hydroxylation sites is 1. The maximum atomic E-state index is 12.4. The third-order valence-corrected chi connectivity index (χ3v) is 5.15. The van der Waals surface area contributed by atoms with Gasteiger partial charge in [-0.05, 0) is 25.0 Å². The van der Waals surface area contributed by atoms with Crippen LogP contribution in [0, 0.1) is 12.8 Å². The average Bonchev–Trinajstić information content (AvgIpc) is 3.09. The average molecular weight is 331 g/mol. The second-order valence-corrected chi connectivity index (χ2v) is 7.05. The molecule has 0 bridgehead atoms. The molecule has 0 radical (unpaired) electrons. The lowest BCUT2D eigenvalue weighted by molar-refractivity contribution is -0.128. The second kappa shape index (κ2) is 6.66. The zero-order valence-electron chi connectivity index (χ0n) is 13.5. The van der Waals surface area contributed by atoms with Crippen molar-refractivity contribution in [2.45, 2.75) is 33.1 Å².